The van der Waals surface area contributed by atoms with Crippen LogP contribution in [0.3, 0.4) is 0 Å². The standard InChI is InChI=1S/C24H18Cl2N2O5S2/c1-31-20-9-14(10-21-23(30)28(24(34)35-21)12-16-3-2-8-32-16)4-7-19(20)33-13-22(29)27-18-6-5-15(25)11-17(18)26/h2-11H,12-13H2,1H3,(H,27,29)/b21-10-. The largest absolute Gasteiger partial charge is 0.493 e. The Morgan fingerprint density at radius 3 is 2.74 bits per heavy atom. The van der Waals surface area contributed by atoms with Gasteiger partial charge in [-0.3, -0.25) is 14.5 Å². The lowest BCUT2D eigenvalue weighted by atomic mass is 10.2. The number of halogens is 2. The van der Waals surface area contributed by atoms with Gasteiger partial charge in [0.05, 0.1) is 35.5 Å². The number of nitrogens with one attached hydrogen (secondary N) is 1. The molecule has 35 heavy (non-hydrogen) atoms. The summed E-state index contributed by atoms with van der Waals surface area (Å²) in [6.45, 7) is 0.00843. The summed E-state index contributed by atoms with van der Waals surface area (Å²) >= 11 is 18.5. The van der Waals surface area contributed by atoms with Crippen LogP contribution in [0, 0.1) is 0 Å². The molecule has 1 fully saturated rings. The van der Waals surface area contributed by atoms with E-state index in [0.29, 0.717) is 47.8 Å². The lowest BCUT2D eigenvalue weighted by Gasteiger charge is -2.12. The zero-order chi connectivity index (χ0) is 24.9. The van der Waals surface area contributed by atoms with Crippen molar-refractivity contribution in [3.63, 3.8) is 0 Å². The van der Waals surface area contributed by atoms with Crippen molar-refractivity contribution in [3.8, 4) is 11.5 Å². The first-order chi connectivity index (χ1) is 16.8. The average Bonchev–Trinajstić information content (AvgIpc) is 3.44. The van der Waals surface area contributed by atoms with Crippen molar-refractivity contribution in [2.75, 3.05) is 19.0 Å². The van der Waals surface area contributed by atoms with Gasteiger partial charge in [0.1, 0.15) is 10.1 Å². The molecule has 0 atom stereocenters. The van der Waals surface area contributed by atoms with Gasteiger partial charge in [-0.15, -0.1) is 0 Å². The average molecular weight is 549 g/mol. The topological polar surface area (TPSA) is 81.0 Å². The predicted molar refractivity (Wildman–Crippen MR) is 141 cm³/mol. The number of rotatable bonds is 8. The molecule has 2 aromatic carbocycles. The Bertz CT molecular complexity index is 1310. The van der Waals surface area contributed by atoms with Gasteiger partial charge < -0.3 is 19.2 Å². The zero-order valence-electron chi connectivity index (χ0n) is 18.2. The minimum Gasteiger partial charge on any atom is -0.493 e. The highest BCUT2D eigenvalue weighted by atomic mass is 35.5. The van der Waals surface area contributed by atoms with Crippen LogP contribution in [0.4, 0.5) is 5.69 Å². The van der Waals surface area contributed by atoms with Gasteiger partial charge in [0, 0.05) is 5.02 Å². The number of hydrogen-bond acceptors (Lipinski definition) is 7. The number of thioether (sulfide) groups is 1. The molecule has 7 nitrogen and oxygen atoms in total. The van der Waals surface area contributed by atoms with Crippen LogP contribution in [-0.4, -0.2) is 34.8 Å². The monoisotopic (exact) mass is 548 g/mol. The molecule has 0 saturated carbocycles. The summed E-state index contributed by atoms with van der Waals surface area (Å²) in [5.74, 6) is 0.816. The predicted octanol–water partition coefficient (Wildman–Crippen LogP) is 6.01. The number of thiocarbonyl (C=S) groups is 1. The molecule has 4 rings (SSSR count). The van der Waals surface area contributed by atoms with Crippen LogP contribution < -0.4 is 14.8 Å². The van der Waals surface area contributed by atoms with Gasteiger partial charge in [-0.25, -0.2) is 0 Å². The summed E-state index contributed by atoms with van der Waals surface area (Å²) in [7, 11) is 1.49. The molecule has 1 N–H and O–H groups in total. The maximum Gasteiger partial charge on any atom is 0.266 e. The van der Waals surface area contributed by atoms with Crippen LogP contribution in [0.25, 0.3) is 6.08 Å². The number of ether oxygens (including phenoxy) is 2. The number of hydrogen-bond donors (Lipinski definition) is 1. The maximum atomic E-state index is 12.8. The molecule has 1 aliphatic rings. The highest BCUT2D eigenvalue weighted by molar-refractivity contribution is 8.26. The lowest BCUT2D eigenvalue weighted by Crippen LogP contribution is -2.27. The lowest BCUT2D eigenvalue weighted by molar-refractivity contribution is -0.122. The summed E-state index contributed by atoms with van der Waals surface area (Å²) in [5, 5.41) is 3.45. The third-order valence-electron chi connectivity index (χ3n) is 4.82. The van der Waals surface area contributed by atoms with Crippen molar-refractivity contribution >= 4 is 75.1 Å². The van der Waals surface area contributed by atoms with Gasteiger partial charge in [0.15, 0.2) is 18.1 Å². The van der Waals surface area contributed by atoms with E-state index in [4.69, 9.17) is 49.3 Å². The van der Waals surface area contributed by atoms with Crippen LogP contribution in [0.2, 0.25) is 10.0 Å². The maximum absolute atomic E-state index is 12.8. The van der Waals surface area contributed by atoms with E-state index in [9.17, 15) is 9.59 Å². The molecule has 0 bridgehead atoms. The van der Waals surface area contributed by atoms with Gasteiger partial charge in [-0.05, 0) is 54.1 Å². The SMILES string of the molecule is COc1cc(/C=C2\SC(=S)N(Cc3ccco3)C2=O)ccc1OCC(=O)Nc1ccc(Cl)cc1Cl. The van der Waals surface area contributed by atoms with E-state index >= 15 is 0 Å². The van der Waals surface area contributed by atoms with Crippen molar-refractivity contribution in [2.24, 2.45) is 0 Å². The second kappa shape index (κ2) is 11.2. The van der Waals surface area contributed by atoms with E-state index in [0.717, 1.165) is 0 Å². The van der Waals surface area contributed by atoms with Crippen LogP contribution in [0.1, 0.15) is 11.3 Å². The van der Waals surface area contributed by atoms with Crippen molar-refractivity contribution in [3.05, 3.63) is 81.1 Å². The summed E-state index contributed by atoms with van der Waals surface area (Å²) in [5.41, 5.74) is 1.14. The second-order valence-electron chi connectivity index (χ2n) is 7.22. The van der Waals surface area contributed by atoms with Gasteiger partial charge in [0.2, 0.25) is 0 Å². The molecule has 11 heteroatoms. The summed E-state index contributed by atoms with van der Waals surface area (Å²) < 4.78 is 16.8. The molecular weight excluding hydrogens is 531 g/mol. The number of amides is 2. The molecule has 1 aromatic heterocycles. The fourth-order valence-corrected chi connectivity index (χ4v) is 4.87. The molecule has 2 amide bonds. The van der Waals surface area contributed by atoms with E-state index in [-0.39, 0.29) is 19.1 Å². The normalized spacial score (nSPS) is 14.5. The Balaban J connectivity index is 1.41. The minimum absolute atomic E-state index is 0.201. The molecule has 0 aliphatic carbocycles. The van der Waals surface area contributed by atoms with E-state index < -0.39 is 5.91 Å². The number of furan rings is 1. The van der Waals surface area contributed by atoms with Gasteiger partial charge >= 0.3 is 0 Å². The van der Waals surface area contributed by atoms with Gasteiger partial charge in [-0.1, -0.05) is 53.2 Å². The quantitative estimate of drug-likeness (QED) is 0.272. The Hall–Kier alpha value is -2.98. The number of anilines is 1. The van der Waals surface area contributed by atoms with E-state index in [1.54, 1.807) is 54.8 Å². The second-order valence-corrected chi connectivity index (χ2v) is 9.74. The molecule has 0 radical (unpaired) electrons. The fraction of sp³-hybridized carbons (Fsp3) is 0.125. The van der Waals surface area contributed by atoms with E-state index in [2.05, 4.69) is 5.32 Å². The van der Waals surface area contributed by atoms with Crippen LogP contribution >= 0.6 is 47.2 Å². The Morgan fingerprint density at radius 1 is 1.20 bits per heavy atom. The molecular formula is C24H18Cl2N2O5S2. The Kier molecular flexibility index (Phi) is 8.02. The number of carbonyl (C=O) groups is 2. The Labute approximate surface area is 221 Å². The third kappa shape index (κ3) is 6.18. The zero-order valence-corrected chi connectivity index (χ0v) is 21.4. The Morgan fingerprint density at radius 2 is 2.03 bits per heavy atom. The summed E-state index contributed by atoms with van der Waals surface area (Å²) in [6, 6.07) is 13.4. The first kappa shape index (κ1) is 25.1. The first-order valence-electron chi connectivity index (χ1n) is 10.2. The molecule has 1 saturated heterocycles. The van der Waals surface area contributed by atoms with Crippen LogP contribution in [-0.2, 0) is 16.1 Å². The fourth-order valence-electron chi connectivity index (χ4n) is 3.16. The molecule has 3 aromatic rings. The van der Waals surface area contributed by atoms with E-state index in [1.165, 1.54) is 29.8 Å². The summed E-state index contributed by atoms with van der Waals surface area (Å²) in [6.07, 6.45) is 3.28. The van der Waals surface area contributed by atoms with Gasteiger partial charge in [0.25, 0.3) is 11.8 Å². The molecule has 180 valence electrons. The number of carbonyl (C=O) groups excluding carboxylic acids is 2. The van der Waals surface area contributed by atoms with E-state index in [1.807, 2.05) is 0 Å². The number of benzene rings is 2. The summed E-state index contributed by atoms with van der Waals surface area (Å²) in [4.78, 5) is 27.1. The van der Waals surface area contributed by atoms with Crippen LogP contribution in [0.15, 0.2) is 64.1 Å². The van der Waals surface area contributed by atoms with Crippen molar-refractivity contribution < 1.29 is 23.5 Å². The van der Waals surface area contributed by atoms with Crippen molar-refractivity contribution in [1.29, 1.82) is 0 Å². The first-order valence-corrected chi connectivity index (χ1v) is 12.2. The van der Waals surface area contributed by atoms with Crippen molar-refractivity contribution in [1.82, 2.24) is 4.90 Å². The molecule has 0 spiro atoms. The molecule has 0 unspecified atom stereocenters. The van der Waals surface area contributed by atoms with Crippen molar-refractivity contribution in [2.45, 2.75) is 6.54 Å². The third-order valence-corrected chi connectivity index (χ3v) is 6.74. The smallest absolute Gasteiger partial charge is 0.266 e. The highest BCUT2D eigenvalue weighted by Gasteiger charge is 2.32. The minimum atomic E-state index is -0.402. The van der Waals surface area contributed by atoms with Gasteiger partial charge in [-0.2, -0.15) is 0 Å². The number of methoxy groups -OCH3 is 1. The van der Waals surface area contributed by atoms with Crippen LogP contribution in [0.5, 0.6) is 11.5 Å². The number of nitrogens with zero attached hydrogens (tertiary/aromatic N) is 1. The molecule has 1 aliphatic heterocycles. The molecule has 2 heterocycles. The highest BCUT2D eigenvalue weighted by Crippen LogP contribution is 2.35.